The van der Waals surface area contributed by atoms with Gasteiger partial charge in [0.1, 0.15) is 5.76 Å². The van der Waals surface area contributed by atoms with Crippen molar-refractivity contribution in [3.05, 3.63) is 46.6 Å². The molecule has 0 aliphatic rings. The van der Waals surface area contributed by atoms with E-state index in [1.54, 1.807) is 32.2 Å². The summed E-state index contributed by atoms with van der Waals surface area (Å²) in [7, 11) is -3.59. The molecule has 0 saturated heterocycles. The Labute approximate surface area is 120 Å². The van der Waals surface area contributed by atoms with E-state index in [0.29, 0.717) is 11.7 Å². The maximum absolute atomic E-state index is 12.1. The molecule has 0 radical (unpaired) electrons. The zero-order chi connectivity index (χ0) is 14.0. The number of nitrogens with one attached hydrogen (secondary N) is 1. The van der Waals surface area contributed by atoms with Crippen LogP contribution in [-0.2, 0) is 10.0 Å². The fourth-order valence-corrected chi connectivity index (χ4v) is 3.00. The third-order valence-corrected chi connectivity index (χ3v) is 4.55. The summed E-state index contributed by atoms with van der Waals surface area (Å²) in [5.41, 5.74) is 0. The highest BCUT2D eigenvalue weighted by Crippen LogP contribution is 2.18. The second kappa shape index (κ2) is 5.44. The molecular formula is C12H13BrN2O3S. The Kier molecular flexibility index (Phi) is 4.07. The zero-order valence-corrected chi connectivity index (χ0v) is 12.8. The average Bonchev–Trinajstić information content (AvgIpc) is 2.76. The van der Waals surface area contributed by atoms with Crippen molar-refractivity contribution in [3.8, 4) is 0 Å². The minimum atomic E-state index is -3.59. The number of halogens is 1. The first-order chi connectivity index (χ1) is 8.88. The summed E-state index contributed by atoms with van der Waals surface area (Å²) in [6.45, 7) is 3.44. The predicted octanol–water partition coefficient (Wildman–Crippen LogP) is 2.79. The number of benzene rings is 1. The number of oxazole rings is 1. The van der Waals surface area contributed by atoms with Crippen LogP contribution in [-0.4, -0.2) is 13.4 Å². The van der Waals surface area contributed by atoms with Crippen LogP contribution in [0.4, 0.5) is 0 Å². The van der Waals surface area contributed by atoms with Crippen LogP contribution in [0.25, 0.3) is 0 Å². The van der Waals surface area contributed by atoms with Crippen LogP contribution < -0.4 is 4.72 Å². The van der Waals surface area contributed by atoms with Crippen LogP contribution in [0.1, 0.15) is 24.6 Å². The number of sulfonamides is 1. The molecule has 0 amide bonds. The van der Waals surface area contributed by atoms with E-state index >= 15 is 0 Å². The van der Waals surface area contributed by atoms with Crippen molar-refractivity contribution in [2.75, 3.05) is 0 Å². The Morgan fingerprint density at radius 3 is 2.47 bits per heavy atom. The van der Waals surface area contributed by atoms with Crippen molar-refractivity contribution in [2.24, 2.45) is 0 Å². The maximum atomic E-state index is 12.1. The first-order valence-corrected chi connectivity index (χ1v) is 7.86. The van der Waals surface area contributed by atoms with Gasteiger partial charge in [-0.25, -0.2) is 13.4 Å². The van der Waals surface area contributed by atoms with Gasteiger partial charge in [0.2, 0.25) is 15.9 Å². The maximum Gasteiger partial charge on any atom is 0.241 e. The fourth-order valence-electron chi connectivity index (χ4n) is 1.54. The third-order valence-electron chi connectivity index (χ3n) is 2.47. The monoisotopic (exact) mass is 344 g/mol. The lowest BCUT2D eigenvalue weighted by Crippen LogP contribution is -2.27. The lowest BCUT2D eigenvalue weighted by atomic mass is 10.4. The molecule has 0 saturated carbocycles. The number of hydrogen-bond donors (Lipinski definition) is 1. The molecule has 1 N–H and O–H groups in total. The van der Waals surface area contributed by atoms with Crippen LogP contribution in [0.3, 0.4) is 0 Å². The van der Waals surface area contributed by atoms with Crippen LogP contribution in [0, 0.1) is 6.92 Å². The van der Waals surface area contributed by atoms with E-state index in [9.17, 15) is 8.42 Å². The first-order valence-electron chi connectivity index (χ1n) is 5.59. The van der Waals surface area contributed by atoms with E-state index in [0.717, 1.165) is 4.47 Å². The number of hydrogen-bond acceptors (Lipinski definition) is 4. The molecular weight excluding hydrogens is 332 g/mol. The molecule has 0 aliphatic heterocycles. The molecule has 1 aromatic carbocycles. The van der Waals surface area contributed by atoms with E-state index < -0.39 is 16.1 Å². The zero-order valence-electron chi connectivity index (χ0n) is 10.4. The average molecular weight is 345 g/mol. The fraction of sp³-hybridized carbons (Fsp3) is 0.250. The van der Waals surface area contributed by atoms with Gasteiger partial charge in [0, 0.05) is 4.47 Å². The van der Waals surface area contributed by atoms with Crippen LogP contribution in [0.5, 0.6) is 0 Å². The predicted molar refractivity (Wildman–Crippen MR) is 74.1 cm³/mol. The number of nitrogens with zero attached hydrogens (tertiary/aromatic N) is 1. The lowest BCUT2D eigenvalue weighted by molar-refractivity contribution is 0.428. The van der Waals surface area contributed by atoms with Gasteiger partial charge in [-0.3, -0.25) is 0 Å². The molecule has 0 spiro atoms. The van der Waals surface area contributed by atoms with Crippen molar-refractivity contribution in [3.63, 3.8) is 0 Å². The molecule has 102 valence electrons. The summed E-state index contributed by atoms with van der Waals surface area (Å²) in [6, 6.07) is 5.88. The van der Waals surface area contributed by atoms with Gasteiger partial charge in [-0.05, 0) is 38.1 Å². The highest BCUT2D eigenvalue weighted by atomic mass is 79.9. The van der Waals surface area contributed by atoms with Crippen molar-refractivity contribution in [1.29, 1.82) is 0 Å². The van der Waals surface area contributed by atoms with E-state index in [1.165, 1.54) is 12.1 Å². The van der Waals surface area contributed by atoms with Crippen molar-refractivity contribution in [2.45, 2.75) is 24.8 Å². The van der Waals surface area contributed by atoms with Gasteiger partial charge >= 0.3 is 0 Å². The van der Waals surface area contributed by atoms with Gasteiger partial charge in [0.25, 0.3) is 0 Å². The van der Waals surface area contributed by atoms with E-state index in [4.69, 9.17) is 4.42 Å². The third kappa shape index (κ3) is 3.43. The van der Waals surface area contributed by atoms with Crippen molar-refractivity contribution in [1.82, 2.24) is 9.71 Å². The molecule has 7 heteroatoms. The number of aromatic nitrogens is 1. The molecule has 19 heavy (non-hydrogen) atoms. The van der Waals surface area contributed by atoms with E-state index in [-0.39, 0.29) is 4.90 Å². The highest BCUT2D eigenvalue weighted by Gasteiger charge is 2.20. The molecule has 1 atom stereocenters. The molecule has 1 unspecified atom stereocenters. The summed E-state index contributed by atoms with van der Waals surface area (Å²) in [4.78, 5) is 4.21. The Morgan fingerprint density at radius 1 is 1.32 bits per heavy atom. The standard InChI is InChI=1S/C12H13BrN2O3S/c1-8-7-14-12(18-8)9(2)15-19(16,17)11-5-3-10(13)4-6-11/h3-7,9,15H,1-2H3. The number of aryl methyl sites for hydroxylation is 1. The van der Waals surface area contributed by atoms with Crippen LogP contribution >= 0.6 is 15.9 Å². The molecule has 2 aromatic rings. The topological polar surface area (TPSA) is 72.2 Å². The molecule has 5 nitrogen and oxygen atoms in total. The van der Waals surface area contributed by atoms with Gasteiger partial charge in [-0.15, -0.1) is 0 Å². The molecule has 0 aliphatic carbocycles. The normalized spacial score (nSPS) is 13.4. The first kappa shape index (κ1) is 14.2. The smallest absolute Gasteiger partial charge is 0.241 e. The van der Waals surface area contributed by atoms with Crippen LogP contribution in [0.15, 0.2) is 44.2 Å². The highest BCUT2D eigenvalue weighted by molar-refractivity contribution is 9.10. The molecule has 1 heterocycles. The summed E-state index contributed by atoms with van der Waals surface area (Å²) in [6.07, 6.45) is 1.56. The minimum Gasteiger partial charge on any atom is -0.444 e. The Bertz CT molecular complexity index is 665. The Morgan fingerprint density at radius 2 is 1.95 bits per heavy atom. The van der Waals surface area contributed by atoms with Crippen LogP contribution in [0.2, 0.25) is 0 Å². The second-order valence-corrected chi connectivity index (χ2v) is 6.74. The summed E-state index contributed by atoms with van der Waals surface area (Å²) >= 11 is 3.26. The van der Waals surface area contributed by atoms with Gasteiger partial charge in [-0.1, -0.05) is 15.9 Å². The second-order valence-electron chi connectivity index (χ2n) is 4.11. The molecule has 2 rings (SSSR count). The Balaban J connectivity index is 2.19. The molecule has 1 aromatic heterocycles. The largest absolute Gasteiger partial charge is 0.444 e. The van der Waals surface area contributed by atoms with Gasteiger partial charge < -0.3 is 4.42 Å². The van der Waals surface area contributed by atoms with Gasteiger partial charge in [-0.2, -0.15) is 4.72 Å². The minimum absolute atomic E-state index is 0.200. The van der Waals surface area contributed by atoms with Crippen molar-refractivity contribution < 1.29 is 12.8 Å². The Hall–Kier alpha value is -1.18. The SMILES string of the molecule is Cc1cnc(C(C)NS(=O)(=O)c2ccc(Br)cc2)o1. The van der Waals surface area contributed by atoms with E-state index in [1.807, 2.05) is 0 Å². The van der Waals surface area contributed by atoms with Crippen molar-refractivity contribution >= 4 is 26.0 Å². The summed E-state index contributed by atoms with van der Waals surface area (Å²) in [5.74, 6) is 0.989. The van der Waals surface area contributed by atoms with Gasteiger partial charge in [0.15, 0.2) is 0 Å². The molecule has 0 fully saturated rings. The van der Waals surface area contributed by atoms with Gasteiger partial charge in [0.05, 0.1) is 17.1 Å². The summed E-state index contributed by atoms with van der Waals surface area (Å²) in [5, 5.41) is 0. The number of rotatable bonds is 4. The molecule has 0 bridgehead atoms. The van der Waals surface area contributed by atoms with E-state index in [2.05, 4.69) is 25.6 Å². The quantitative estimate of drug-likeness (QED) is 0.925. The lowest BCUT2D eigenvalue weighted by Gasteiger charge is -2.11. The summed E-state index contributed by atoms with van der Waals surface area (Å²) < 4.78 is 32.9.